The van der Waals surface area contributed by atoms with Gasteiger partial charge < -0.3 is 15.4 Å². The summed E-state index contributed by atoms with van der Waals surface area (Å²) in [5, 5.41) is 13.2. The predicted octanol–water partition coefficient (Wildman–Crippen LogP) is 3.37. The molecule has 3 N–H and O–H groups in total. The third-order valence-electron chi connectivity index (χ3n) is 4.69. The van der Waals surface area contributed by atoms with E-state index in [2.05, 4.69) is 10.3 Å². The number of aromatic amines is 1. The first-order valence-corrected chi connectivity index (χ1v) is 8.18. The number of aryl methyl sites for hydroxylation is 1. The lowest BCUT2D eigenvalue weighted by atomic mass is 9.88. The molecule has 5 heteroatoms. The van der Waals surface area contributed by atoms with Crippen molar-refractivity contribution in [3.8, 4) is 0 Å². The van der Waals surface area contributed by atoms with E-state index in [9.17, 15) is 14.7 Å². The zero-order chi connectivity index (χ0) is 16.4. The van der Waals surface area contributed by atoms with Crippen molar-refractivity contribution in [2.45, 2.75) is 45.6 Å². The molecule has 1 fully saturated rings. The van der Waals surface area contributed by atoms with Crippen molar-refractivity contribution >= 4 is 22.8 Å². The molecule has 0 unspecified atom stereocenters. The largest absolute Gasteiger partial charge is 0.477 e. The van der Waals surface area contributed by atoms with Crippen LogP contribution in [0.3, 0.4) is 0 Å². The molecule has 1 heterocycles. The number of rotatable bonds is 4. The highest BCUT2D eigenvalue weighted by atomic mass is 16.4. The number of nitrogens with one attached hydrogen (secondary N) is 2. The fraction of sp³-hybridized carbons (Fsp3) is 0.444. The van der Waals surface area contributed by atoms with Gasteiger partial charge in [-0.2, -0.15) is 0 Å². The number of aromatic carboxylic acids is 1. The van der Waals surface area contributed by atoms with Gasteiger partial charge in [0.25, 0.3) is 0 Å². The summed E-state index contributed by atoms with van der Waals surface area (Å²) in [6.45, 7) is 2.22. The van der Waals surface area contributed by atoms with Gasteiger partial charge in [0.1, 0.15) is 5.69 Å². The van der Waals surface area contributed by atoms with Gasteiger partial charge in [0.05, 0.1) is 0 Å². The summed E-state index contributed by atoms with van der Waals surface area (Å²) in [7, 11) is 0. The normalized spacial score (nSPS) is 15.7. The molecule has 0 spiro atoms. The molecule has 0 bridgehead atoms. The number of fused-ring (bicyclic) bond motifs is 1. The van der Waals surface area contributed by atoms with Gasteiger partial charge in [-0.15, -0.1) is 0 Å². The first-order chi connectivity index (χ1) is 11.1. The van der Waals surface area contributed by atoms with Crippen molar-refractivity contribution in [1.82, 2.24) is 10.3 Å². The fourth-order valence-electron chi connectivity index (χ4n) is 3.41. The van der Waals surface area contributed by atoms with Crippen molar-refractivity contribution < 1.29 is 14.7 Å². The van der Waals surface area contributed by atoms with Crippen LogP contribution in [0.2, 0.25) is 0 Å². The Morgan fingerprint density at radius 3 is 2.70 bits per heavy atom. The lowest BCUT2D eigenvalue weighted by Gasteiger charge is -2.20. The third kappa shape index (κ3) is 3.23. The second-order valence-corrected chi connectivity index (χ2v) is 6.39. The lowest BCUT2D eigenvalue weighted by molar-refractivity contribution is -0.126. The average molecular weight is 314 g/mol. The van der Waals surface area contributed by atoms with Crippen LogP contribution in [0.5, 0.6) is 0 Å². The molecule has 122 valence electrons. The van der Waals surface area contributed by atoms with Crippen molar-refractivity contribution in [3.63, 3.8) is 0 Å². The zero-order valence-corrected chi connectivity index (χ0v) is 13.3. The van der Waals surface area contributed by atoms with E-state index in [4.69, 9.17) is 0 Å². The van der Waals surface area contributed by atoms with Crippen molar-refractivity contribution in [2.75, 3.05) is 0 Å². The van der Waals surface area contributed by atoms with Crippen LogP contribution in [0.15, 0.2) is 18.2 Å². The number of aromatic nitrogens is 1. The summed E-state index contributed by atoms with van der Waals surface area (Å²) < 4.78 is 0. The van der Waals surface area contributed by atoms with Gasteiger partial charge in [-0.1, -0.05) is 30.9 Å². The van der Waals surface area contributed by atoms with Crippen LogP contribution in [-0.4, -0.2) is 22.0 Å². The van der Waals surface area contributed by atoms with E-state index >= 15 is 0 Å². The summed E-state index contributed by atoms with van der Waals surface area (Å²) in [5.41, 5.74) is 2.66. The molecule has 1 amide bonds. The molecule has 1 aliphatic carbocycles. The molecule has 0 atom stereocenters. The standard InChI is InChI=1S/C18H22N2O3/c1-11-7-8-15-13(9-11)14(16(20-15)18(22)23)10-19-17(21)12-5-3-2-4-6-12/h7-9,12,20H,2-6,10H2,1H3,(H,19,21)(H,22,23). The van der Waals surface area contributed by atoms with E-state index in [0.29, 0.717) is 5.56 Å². The maximum absolute atomic E-state index is 12.3. The Morgan fingerprint density at radius 1 is 1.26 bits per heavy atom. The molecule has 0 saturated heterocycles. The quantitative estimate of drug-likeness (QED) is 0.809. The monoisotopic (exact) mass is 314 g/mol. The van der Waals surface area contributed by atoms with E-state index in [-0.39, 0.29) is 24.1 Å². The van der Waals surface area contributed by atoms with Crippen molar-refractivity contribution in [2.24, 2.45) is 5.92 Å². The van der Waals surface area contributed by atoms with Gasteiger partial charge in [-0.25, -0.2) is 4.79 Å². The molecule has 3 rings (SSSR count). The highest BCUT2D eigenvalue weighted by Crippen LogP contribution is 2.26. The Morgan fingerprint density at radius 2 is 2.00 bits per heavy atom. The van der Waals surface area contributed by atoms with Crippen LogP contribution >= 0.6 is 0 Å². The van der Waals surface area contributed by atoms with Crippen molar-refractivity contribution in [3.05, 3.63) is 35.0 Å². The van der Waals surface area contributed by atoms with Gasteiger partial charge in [0.2, 0.25) is 5.91 Å². The van der Waals surface area contributed by atoms with Crippen LogP contribution in [-0.2, 0) is 11.3 Å². The SMILES string of the molecule is Cc1ccc2[nH]c(C(=O)O)c(CNC(=O)C3CCCCC3)c2c1. The smallest absolute Gasteiger partial charge is 0.352 e. The minimum Gasteiger partial charge on any atom is -0.477 e. The lowest BCUT2D eigenvalue weighted by Crippen LogP contribution is -2.31. The molecule has 23 heavy (non-hydrogen) atoms. The first-order valence-electron chi connectivity index (χ1n) is 8.18. The number of carboxylic acid groups (broad SMARTS) is 1. The van der Waals surface area contributed by atoms with Gasteiger partial charge in [0, 0.05) is 28.9 Å². The highest BCUT2D eigenvalue weighted by molar-refractivity contribution is 5.97. The highest BCUT2D eigenvalue weighted by Gasteiger charge is 2.22. The van der Waals surface area contributed by atoms with E-state index < -0.39 is 5.97 Å². The molecule has 0 aliphatic heterocycles. The van der Waals surface area contributed by atoms with Crippen LogP contribution in [0.25, 0.3) is 10.9 Å². The molecular formula is C18H22N2O3. The summed E-state index contributed by atoms with van der Waals surface area (Å²) in [6, 6.07) is 5.78. The molecule has 2 aromatic rings. The number of hydrogen-bond acceptors (Lipinski definition) is 2. The van der Waals surface area contributed by atoms with Gasteiger partial charge in [-0.3, -0.25) is 4.79 Å². The molecular weight excluding hydrogens is 292 g/mol. The van der Waals surface area contributed by atoms with E-state index in [0.717, 1.165) is 42.1 Å². The molecule has 1 aliphatic rings. The molecule has 1 aromatic carbocycles. The molecule has 1 aromatic heterocycles. The number of benzene rings is 1. The van der Waals surface area contributed by atoms with Gasteiger partial charge >= 0.3 is 5.97 Å². The molecule has 0 radical (unpaired) electrons. The topological polar surface area (TPSA) is 82.2 Å². The van der Waals surface area contributed by atoms with Crippen LogP contribution in [0.4, 0.5) is 0 Å². The van der Waals surface area contributed by atoms with Gasteiger partial charge in [0.15, 0.2) is 0 Å². The Bertz CT molecular complexity index is 742. The van der Waals surface area contributed by atoms with E-state index in [1.54, 1.807) is 0 Å². The fourth-order valence-corrected chi connectivity index (χ4v) is 3.41. The molecule has 1 saturated carbocycles. The second kappa shape index (κ2) is 6.44. The minimum atomic E-state index is -0.999. The number of carboxylic acids is 1. The number of carbonyl (C=O) groups excluding carboxylic acids is 1. The summed E-state index contributed by atoms with van der Waals surface area (Å²) >= 11 is 0. The van der Waals surface area contributed by atoms with Crippen LogP contribution in [0.1, 0.15) is 53.7 Å². The van der Waals surface area contributed by atoms with Crippen molar-refractivity contribution in [1.29, 1.82) is 0 Å². The average Bonchev–Trinajstić information content (AvgIpc) is 2.91. The maximum Gasteiger partial charge on any atom is 0.352 e. The number of amides is 1. The number of H-pyrrole nitrogens is 1. The van der Waals surface area contributed by atoms with Crippen LogP contribution in [0, 0.1) is 12.8 Å². The number of hydrogen-bond donors (Lipinski definition) is 3. The maximum atomic E-state index is 12.3. The Hall–Kier alpha value is -2.30. The van der Waals surface area contributed by atoms with E-state index in [1.165, 1.54) is 6.42 Å². The summed E-state index contributed by atoms with van der Waals surface area (Å²) in [6.07, 6.45) is 5.28. The zero-order valence-electron chi connectivity index (χ0n) is 13.3. The number of carbonyl (C=O) groups is 2. The van der Waals surface area contributed by atoms with Crippen LogP contribution < -0.4 is 5.32 Å². The Balaban J connectivity index is 1.83. The summed E-state index contributed by atoms with van der Waals surface area (Å²) in [4.78, 5) is 26.7. The predicted molar refractivity (Wildman–Crippen MR) is 88.4 cm³/mol. The third-order valence-corrected chi connectivity index (χ3v) is 4.69. The first kappa shape index (κ1) is 15.6. The second-order valence-electron chi connectivity index (χ2n) is 6.39. The van der Waals surface area contributed by atoms with E-state index in [1.807, 2.05) is 25.1 Å². The Kier molecular flexibility index (Phi) is 4.37. The Labute approximate surface area is 135 Å². The minimum absolute atomic E-state index is 0.0445. The molecule has 5 nitrogen and oxygen atoms in total. The van der Waals surface area contributed by atoms with Gasteiger partial charge in [-0.05, 0) is 31.9 Å². The summed E-state index contributed by atoms with van der Waals surface area (Å²) in [5.74, 6) is -0.882.